The summed E-state index contributed by atoms with van der Waals surface area (Å²) in [6.45, 7) is 6.10. The number of hydrogen-bond acceptors (Lipinski definition) is 3. The van der Waals surface area contributed by atoms with Crippen molar-refractivity contribution in [1.29, 1.82) is 0 Å². The Bertz CT molecular complexity index is 686. The van der Waals surface area contributed by atoms with Gasteiger partial charge in [-0.25, -0.2) is 5.43 Å². The molecule has 0 aliphatic carbocycles. The molecule has 0 radical (unpaired) electrons. The SMILES string of the molecule is COc1ccc(C(C)=NNC(=O)c2ccc(C(C)C)cc2)cc1. The number of carbonyl (C=O) groups excluding carboxylic acids is 1. The summed E-state index contributed by atoms with van der Waals surface area (Å²) in [5.74, 6) is 1.02. The molecule has 4 nitrogen and oxygen atoms in total. The smallest absolute Gasteiger partial charge is 0.271 e. The van der Waals surface area contributed by atoms with Crippen LogP contribution in [0, 0.1) is 0 Å². The molecule has 4 heteroatoms. The summed E-state index contributed by atoms with van der Waals surface area (Å²) in [5.41, 5.74) is 6.07. The Kier molecular flexibility index (Phi) is 5.52. The van der Waals surface area contributed by atoms with Gasteiger partial charge in [0.25, 0.3) is 5.91 Å². The zero-order valence-electron chi connectivity index (χ0n) is 14.0. The summed E-state index contributed by atoms with van der Waals surface area (Å²) >= 11 is 0. The zero-order valence-corrected chi connectivity index (χ0v) is 14.0. The molecule has 0 fully saturated rings. The fourth-order valence-corrected chi connectivity index (χ4v) is 2.12. The second kappa shape index (κ2) is 7.58. The molecule has 1 amide bonds. The minimum absolute atomic E-state index is 0.215. The summed E-state index contributed by atoms with van der Waals surface area (Å²) in [6.07, 6.45) is 0. The van der Waals surface area contributed by atoms with E-state index in [1.165, 1.54) is 5.56 Å². The van der Waals surface area contributed by atoms with Crippen LogP contribution in [0.25, 0.3) is 0 Å². The number of nitrogens with one attached hydrogen (secondary N) is 1. The quantitative estimate of drug-likeness (QED) is 0.671. The Morgan fingerprint density at radius 3 is 2.09 bits per heavy atom. The van der Waals surface area contributed by atoms with Gasteiger partial charge in [-0.2, -0.15) is 5.10 Å². The van der Waals surface area contributed by atoms with Gasteiger partial charge in [-0.1, -0.05) is 26.0 Å². The van der Waals surface area contributed by atoms with Crippen molar-refractivity contribution in [3.8, 4) is 5.75 Å². The maximum atomic E-state index is 12.1. The number of ether oxygens (including phenoxy) is 1. The second-order valence-electron chi connectivity index (χ2n) is 5.64. The molecular formula is C19H22N2O2. The van der Waals surface area contributed by atoms with Gasteiger partial charge in [0.15, 0.2) is 0 Å². The Labute approximate surface area is 137 Å². The van der Waals surface area contributed by atoms with Crippen LogP contribution in [0.1, 0.15) is 48.2 Å². The molecule has 0 atom stereocenters. The van der Waals surface area contributed by atoms with E-state index in [2.05, 4.69) is 24.4 Å². The lowest BCUT2D eigenvalue weighted by molar-refractivity contribution is 0.0955. The normalized spacial score (nSPS) is 11.4. The summed E-state index contributed by atoms with van der Waals surface area (Å²) in [6, 6.07) is 15.1. The second-order valence-corrected chi connectivity index (χ2v) is 5.64. The van der Waals surface area contributed by atoms with E-state index >= 15 is 0 Å². The van der Waals surface area contributed by atoms with Crippen LogP contribution < -0.4 is 10.2 Å². The van der Waals surface area contributed by atoms with Gasteiger partial charge >= 0.3 is 0 Å². The predicted octanol–water partition coefficient (Wildman–Crippen LogP) is 3.97. The van der Waals surface area contributed by atoms with E-state index in [0.717, 1.165) is 17.0 Å². The summed E-state index contributed by atoms with van der Waals surface area (Å²) in [7, 11) is 1.63. The van der Waals surface area contributed by atoms with Crippen LogP contribution in [0.2, 0.25) is 0 Å². The first-order valence-electron chi connectivity index (χ1n) is 7.60. The van der Waals surface area contributed by atoms with Gasteiger partial charge in [0.05, 0.1) is 12.8 Å². The molecule has 0 aliphatic rings. The third-order valence-corrected chi connectivity index (χ3v) is 3.67. The van der Waals surface area contributed by atoms with Crippen LogP contribution in [0.3, 0.4) is 0 Å². The van der Waals surface area contributed by atoms with Gasteiger partial charge in [0.1, 0.15) is 5.75 Å². The molecule has 0 aromatic heterocycles. The van der Waals surface area contributed by atoms with Crippen LogP contribution >= 0.6 is 0 Å². The molecular weight excluding hydrogens is 288 g/mol. The number of rotatable bonds is 5. The van der Waals surface area contributed by atoms with Crippen molar-refractivity contribution in [2.75, 3.05) is 7.11 Å². The van der Waals surface area contributed by atoms with Gasteiger partial charge in [-0.3, -0.25) is 4.79 Å². The largest absolute Gasteiger partial charge is 0.497 e. The fourth-order valence-electron chi connectivity index (χ4n) is 2.12. The van der Waals surface area contributed by atoms with E-state index in [1.54, 1.807) is 7.11 Å². The van der Waals surface area contributed by atoms with Gasteiger partial charge in [0, 0.05) is 5.56 Å². The van der Waals surface area contributed by atoms with Crippen LogP contribution in [-0.4, -0.2) is 18.7 Å². The Hall–Kier alpha value is -2.62. The van der Waals surface area contributed by atoms with Gasteiger partial charge in [-0.15, -0.1) is 0 Å². The average molecular weight is 310 g/mol. The number of hydrazone groups is 1. The lowest BCUT2D eigenvalue weighted by Crippen LogP contribution is -2.19. The molecule has 1 N–H and O–H groups in total. The van der Waals surface area contributed by atoms with Crippen molar-refractivity contribution in [1.82, 2.24) is 5.43 Å². The first kappa shape index (κ1) is 16.7. The third-order valence-electron chi connectivity index (χ3n) is 3.67. The highest BCUT2D eigenvalue weighted by Crippen LogP contribution is 2.15. The Morgan fingerprint density at radius 2 is 1.57 bits per heavy atom. The molecule has 0 unspecified atom stereocenters. The molecule has 23 heavy (non-hydrogen) atoms. The molecule has 0 bridgehead atoms. The van der Waals surface area contributed by atoms with Crippen LogP contribution in [-0.2, 0) is 0 Å². The first-order chi connectivity index (χ1) is 11.0. The first-order valence-corrected chi connectivity index (χ1v) is 7.60. The van der Waals surface area contributed by atoms with E-state index < -0.39 is 0 Å². The number of methoxy groups -OCH3 is 1. The molecule has 0 saturated carbocycles. The van der Waals surface area contributed by atoms with Gasteiger partial charge < -0.3 is 4.74 Å². The highest BCUT2D eigenvalue weighted by molar-refractivity contribution is 6.00. The molecule has 2 aromatic rings. The molecule has 2 aromatic carbocycles. The predicted molar refractivity (Wildman–Crippen MR) is 93.2 cm³/mol. The number of hydrogen-bond donors (Lipinski definition) is 1. The van der Waals surface area contributed by atoms with Gasteiger partial charge in [0.2, 0.25) is 0 Å². The molecule has 120 valence electrons. The van der Waals surface area contributed by atoms with Crippen molar-refractivity contribution in [3.05, 3.63) is 65.2 Å². The maximum Gasteiger partial charge on any atom is 0.271 e. The van der Waals surface area contributed by atoms with Crippen molar-refractivity contribution in [2.45, 2.75) is 26.7 Å². The average Bonchev–Trinajstić information content (AvgIpc) is 2.59. The van der Waals surface area contributed by atoms with E-state index in [-0.39, 0.29) is 5.91 Å². The third kappa shape index (κ3) is 4.42. The fraction of sp³-hybridized carbons (Fsp3) is 0.263. The number of amides is 1. The Morgan fingerprint density at radius 1 is 1.00 bits per heavy atom. The number of nitrogens with zero attached hydrogens (tertiary/aromatic N) is 1. The topological polar surface area (TPSA) is 50.7 Å². The van der Waals surface area contributed by atoms with E-state index in [1.807, 2.05) is 55.5 Å². The standard InChI is InChI=1S/C19H22N2O2/c1-13(2)15-5-7-17(8-6-15)19(22)21-20-14(3)16-9-11-18(23-4)12-10-16/h5-13H,1-4H3,(H,21,22). The molecule has 0 aliphatic heterocycles. The van der Waals surface area contributed by atoms with E-state index in [4.69, 9.17) is 4.74 Å². The van der Waals surface area contributed by atoms with Crippen molar-refractivity contribution < 1.29 is 9.53 Å². The number of benzene rings is 2. The number of carbonyl (C=O) groups is 1. The lowest BCUT2D eigenvalue weighted by Gasteiger charge is -2.07. The zero-order chi connectivity index (χ0) is 16.8. The van der Waals surface area contributed by atoms with Gasteiger partial charge in [-0.05, 0) is 60.4 Å². The monoisotopic (exact) mass is 310 g/mol. The van der Waals surface area contributed by atoms with Crippen LogP contribution in [0.15, 0.2) is 53.6 Å². The minimum atomic E-state index is -0.215. The minimum Gasteiger partial charge on any atom is -0.497 e. The van der Waals surface area contributed by atoms with E-state index in [0.29, 0.717) is 11.5 Å². The van der Waals surface area contributed by atoms with Crippen LogP contribution in [0.5, 0.6) is 5.75 Å². The molecule has 0 saturated heterocycles. The van der Waals surface area contributed by atoms with Crippen LogP contribution in [0.4, 0.5) is 0 Å². The molecule has 0 spiro atoms. The molecule has 0 heterocycles. The lowest BCUT2D eigenvalue weighted by atomic mass is 10.0. The summed E-state index contributed by atoms with van der Waals surface area (Å²) in [4.78, 5) is 12.1. The Balaban J connectivity index is 2.04. The van der Waals surface area contributed by atoms with Crippen molar-refractivity contribution >= 4 is 11.6 Å². The highest BCUT2D eigenvalue weighted by Gasteiger charge is 2.06. The maximum absolute atomic E-state index is 12.1. The van der Waals surface area contributed by atoms with Crippen molar-refractivity contribution in [3.63, 3.8) is 0 Å². The van der Waals surface area contributed by atoms with E-state index in [9.17, 15) is 4.79 Å². The summed E-state index contributed by atoms with van der Waals surface area (Å²) in [5, 5.41) is 4.16. The highest BCUT2D eigenvalue weighted by atomic mass is 16.5. The summed E-state index contributed by atoms with van der Waals surface area (Å²) < 4.78 is 5.12. The van der Waals surface area contributed by atoms with Crippen molar-refractivity contribution in [2.24, 2.45) is 5.10 Å². The molecule has 2 rings (SSSR count).